The van der Waals surface area contributed by atoms with Gasteiger partial charge in [0.1, 0.15) is 0 Å². The molecule has 1 atom stereocenters. The minimum atomic E-state index is -0.140. The lowest BCUT2D eigenvalue weighted by Crippen LogP contribution is -2.53. The molecule has 1 aromatic heterocycles. The summed E-state index contributed by atoms with van der Waals surface area (Å²) in [6, 6.07) is 8.10. The highest BCUT2D eigenvalue weighted by Crippen LogP contribution is 2.49. The molecule has 1 aliphatic carbocycles. The number of aromatic amines is 1. The minimum Gasteiger partial charge on any atom is -0.393 e. The van der Waals surface area contributed by atoms with Crippen LogP contribution < -0.4 is 0 Å². The van der Waals surface area contributed by atoms with Gasteiger partial charge in [-0.3, -0.25) is 4.79 Å². The Morgan fingerprint density at radius 3 is 2.73 bits per heavy atom. The third-order valence-electron chi connectivity index (χ3n) is 5.75. The lowest BCUT2D eigenvalue weighted by molar-refractivity contribution is -0.140. The van der Waals surface area contributed by atoms with Gasteiger partial charge in [0.25, 0.3) is 0 Å². The van der Waals surface area contributed by atoms with Crippen molar-refractivity contribution in [2.45, 2.75) is 38.2 Å². The number of likely N-dealkylation sites (tertiary alicyclic amines) is 1. The molecule has 1 aromatic carbocycles. The molecule has 1 aliphatic heterocycles. The number of benzene rings is 1. The van der Waals surface area contributed by atoms with Crippen molar-refractivity contribution in [2.75, 3.05) is 13.1 Å². The number of amides is 1. The summed E-state index contributed by atoms with van der Waals surface area (Å²) in [5.41, 5.74) is 2.28. The molecule has 1 spiro atoms. The molecular weight excluding hydrogens is 276 g/mol. The molecule has 0 radical (unpaired) electrons. The number of H-pyrrole nitrogens is 1. The number of nitrogens with one attached hydrogen (secondary N) is 1. The first-order valence-corrected chi connectivity index (χ1v) is 8.19. The molecule has 1 unspecified atom stereocenters. The van der Waals surface area contributed by atoms with Gasteiger partial charge in [0.05, 0.1) is 12.5 Å². The molecule has 4 rings (SSSR count). The first-order chi connectivity index (χ1) is 10.7. The number of carbonyl (C=O) groups is 1. The molecule has 116 valence electrons. The monoisotopic (exact) mass is 298 g/mol. The quantitative estimate of drug-likeness (QED) is 0.895. The van der Waals surface area contributed by atoms with E-state index in [1.165, 1.54) is 0 Å². The molecule has 2 N–H and O–H groups in total. The zero-order valence-electron chi connectivity index (χ0n) is 12.7. The Hall–Kier alpha value is -1.81. The van der Waals surface area contributed by atoms with Crippen LogP contribution in [0.15, 0.2) is 30.5 Å². The smallest absolute Gasteiger partial charge is 0.227 e. The van der Waals surface area contributed by atoms with Gasteiger partial charge in [-0.15, -0.1) is 0 Å². The molecule has 1 amide bonds. The Morgan fingerprint density at radius 2 is 2.05 bits per heavy atom. The summed E-state index contributed by atoms with van der Waals surface area (Å²) in [5.74, 6) is 0.202. The van der Waals surface area contributed by atoms with Gasteiger partial charge < -0.3 is 15.0 Å². The number of piperidine rings is 1. The predicted octanol–water partition coefficient (Wildman–Crippen LogP) is 2.47. The van der Waals surface area contributed by atoms with Crippen molar-refractivity contribution in [3.8, 4) is 0 Å². The van der Waals surface area contributed by atoms with E-state index in [1.54, 1.807) is 0 Å². The standard InChI is InChI=1S/C18H22N2O2/c21-16-5-6-18(16)7-9-20(10-8-18)17(22)11-13-12-19-15-4-2-1-3-14(13)15/h1-4,12,16,19,21H,5-11H2. The highest BCUT2D eigenvalue weighted by atomic mass is 16.3. The van der Waals surface area contributed by atoms with Crippen LogP contribution in [0.25, 0.3) is 10.9 Å². The molecular formula is C18H22N2O2. The summed E-state index contributed by atoms with van der Waals surface area (Å²) >= 11 is 0. The van der Waals surface area contributed by atoms with Gasteiger partial charge in [0, 0.05) is 30.2 Å². The average molecular weight is 298 g/mol. The van der Waals surface area contributed by atoms with E-state index >= 15 is 0 Å². The van der Waals surface area contributed by atoms with E-state index in [1.807, 2.05) is 29.3 Å². The Balaban J connectivity index is 1.43. The van der Waals surface area contributed by atoms with Gasteiger partial charge in [0.15, 0.2) is 0 Å². The van der Waals surface area contributed by atoms with Crippen LogP contribution in [0.2, 0.25) is 0 Å². The number of hydrogen-bond donors (Lipinski definition) is 2. The number of fused-ring (bicyclic) bond motifs is 1. The van der Waals surface area contributed by atoms with Crippen LogP contribution >= 0.6 is 0 Å². The third-order valence-corrected chi connectivity index (χ3v) is 5.75. The van der Waals surface area contributed by atoms with Crippen LogP contribution in [0, 0.1) is 5.41 Å². The number of rotatable bonds is 2. The van der Waals surface area contributed by atoms with Crippen LogP contribution in [-0.2, 0) is 11.2 Å². The molecule has 4 heteroatoms. The molecule has 2 heterocycles. The van der Waals surface area contributed by atoms with Gasteiger partial charge in [-0.2, -0.15) is 0 Å². The number of aliphatic hydroxyl groups excluding tert-OH is 1. The molecule has 2 fully saturated rings. The minimum absolute atomic E-state index is 0.123. The van der Waals surface area contributed by atoms with Gasteiger partial charge in [-0.1, -0.05) is 18.2 Å². The highest BCUT2D eigenvalue weighted by molar-refractivity contribution is 5.88. The van der Waals surface area contributed by atoms with Gasteiger partial charge in [-0.05, 0) is 42.7 Å². The SMILES string of the molecule is O=C(Cc1c[nH]c2ccccc12)N1CCC2(CCC2O)CC1. The van der Waals surface area contributed by atoms with Crippen LogP contribution in [0.1, 0.15) is 31.2 Å². The Kier molecular flexibility index (Phi) is 3.22. The Morgan fingerprint density at radius 1 is 1.27 bits per heavy atom. The fourth-order valence-corrected chi connectivity index (χ4v) is 4.02. The molecule has 22 heavy (non-hydrogen) atoms. The maximum absolute atomic E-state index is 12.6. The van der Waals surface area contributed by atoms with E-state index in [2.05, 4.69) is 11.1 Å². The number of carbonyl (C=O) groups excluding carboxylic acids is 1. The summed E-state index contributed by atoms with van der Waals surface area (Å²) in [6.45, 7) is 1.58. The maximum Gasteiger partial charge on any atom is 0.227 e. The first kappa shape index (κ1) is 13.8. The number of nitrogens with zero attached hydrogens (tertiary/aromatic N) is 1. The Bertz CT molecular complexity index is 698. The van der Waals surface area contributed by atoms with E-state index in [-0.39, 0.29) is 17.4 Å². The predicted molar refractivity (Wildman–Crippen MR) is 85.5 cm³/mol. The first-order valence-electron chi connectivity index (χ1n) is 8.19. The molecule has 2 aromatic rings. The van der Waals surface area contributed by atoms with Crippen molar-refractivity contribution < 1.29 is 9.90 Å². The molecule has 1 saturated heterocycles. The molecule has 1 saturated carbocycles. The lowest BCUT2D eigenvalue weighted by atomic mass is 9.61. The van der Waals surface area contributed by atoms with Crippen molar-refractivity contribution >= 4 is 16.8 Å². The second-order valence-electron chi connectivity index (χ2n) is 6.83. The average Bonchev–Trinajstić information content (AvgIpc) is 2.97. The molecule has 4 nitrogen and oxygen atoms in total. The summed E-state index contributed by atoms with van der Waals surface area (Å²) in [4.78, 5) is 17.8. The van der Waals surface area contributed by atoms with Crippen LogP contribution in [-0.4, -0.2) is 40.1 Å². The lowest BCUT2D eigenvalue weighted by Gasteiger charge is -2.51. The van der Waals surface area contributed by atoms with E-state index in [4.69, 9.17) is 0 Å². The largest absolute Gasteiger partial charge is 0.393 e. The van der Waals surface area contributed by atoms with E-state index in [0.29, 0.717) is 6.42 Å². The van der Waals surface area contributed by atoms with E-state index in [0.717, 1.165) is 55.2 Å². The van der Waals surface area contributed by atoms with Gasteiger partial charge in [-0.25, -0.2) is 0 Å². The van der Waals surface area contributed by atoms with Crippen LogP contribution in [0.3, 0.4) is 0 Å². The summed E-state index contributed by atoms with van der Waals surface area (Å²) in [7, 11) is 0. The van der Waals surface area contributed by atoms with Crippen molar-refractivity contribution in [1.82, 2.24) is 9.88 Å². The van der Waals surface area contributed by atoms with Gasteiger partial charge in [0.2, 0.25) is 5.91 Å². The normalized spacial score (nSPS) is 23.7. The molecule has 0 bridgehead atoms. The van der Waals surface area contributed by atoms with E-state index in [9.17, 15) is 9.90 Å². The number of hydrogen-bond acceptors (Lipinski definition) is 2. The fourth-order valence-electron chi connectivity index (χ4n) is 4.02. The third kappa shape index (κ3) is 2.13. The fraction of sp³-hybridized carbons (Fsp3) is 0.500. The second kappa shape index (κ2) is 5.13. The summed E-state index contributed by atoms with van der Waals surface area (Å²) < 4.78 is 0. The molecule has 2 aliphatic rings. The van der Waals surface area contributed by atoms with Crippen LogP contribution in [0.4, 0.5) is 0 Å². The van der Waals surface area contributed by atoms with Crippen molar-refractivity contribution in [3.05, 3.63) is 36.0 Å². The van der Waals surface area contributed by atoms with E-state index < -0.39 is 0 Å². The van der Waals surface area contributed by atoms with Gasteiger partial charge >= 0.3 is 0 Å². The highest BCUT2D eigenvalue weighted by Gasteiger charge is 2.47. The van der Waals surface area contributed by atoms with Crippen molar-refractivity contribution in [3.63, 3.8) is 0 Å². The Labute approximate surface area is 130 Å². The zero-order valence-corrected chi connectivity index (χ0v) is 12.7. The summed E-state index contributed by atoms with van der Waals surface area (Å²) in [5, 5.41) is 11.1. The second-order valence-corrected chi connectivity index (χ2v) is 6.83. The van der Waals surface area contributed by atoms with Crippen LogP contribution in [0.5, 0.6) is 0 Å². The topological polar surface area (TPSA) is 56.3 Å². The number of para-hydroxylation sites is 1. The number of aliphatic hydroxyl groups is 1. The summed E-state index contributed by atoms with van der Waals surface area (Å²) in [6.07, 6.45) is 6.23. The van der Waals surface area contributed by atoms with Crippen molar-refractivity contribution in [2.24, 2.45) is 5.41 Å². The number of aromatic nitrogens is 1. The van der Waals surface area contributed by atoms with Crippen molar-refractivity contribution in [1.29, 1.82) is 0 Å². The maximum atomic E-state index is 12.6. The zero-order chi connectivity index (χ0) is 15.2.